The topological polar surface area (TPSA) is 56.4 Å². The van der Waals surface area contributed by atoms with E-state index in [4.69, 9.17) is 0 Å². The predicted octanol–water partition coefficient (Wildman–Crippen LogP) is 3.11. The molecule has 1 N–H and O–H groups in total. The SMILES string of the molecule is Cc1[nH]ccc1C(=O)N1CC[C@@]2(CCCN(C3CCCCC3)C2=O)C1. The molecule has 25 heavy (non-hydrogen) atoms. The summed E-state index contributed by atoms with van der Waals surface area (Å²) in [4.78, 5) is 33.3. The summed E-state index contributed by atoms with van der Waals surface area (Å²) in [5, 5.41) is 0. The molecule has 1 aromatic heterocycles. The minimum Gasteiger partial charge on any atom is -0.365 e. The van der Waals surface area contributed by atoms with E-state index in [9.17, 15) is 9.59 Å². The lowest BCUT2D eigenvalue weighted by Gasteiger charge is -2.44. The molecule has 1 aromatic rings. The summed E-state index contributed by atoms with van der Waals surface area (Å²) in [5.74, 6) is 0.393. The monoisotopic (exact) mass is 343 g/mol. The molecule has 3 fully saturated rings. The zero-order valence-electron chi connectivity index (χ0n) is 15.2. The van der Waals surface area contributed by atoms with Crippen LogP contribution in [0, 0.1) is 12.3 Å². The summed E-state index contributed by atoms with van der Waals surface area (Å²) in [6.45, 7) is 4.14. The molecule has 3 aliphatic rings. The van der Waals surface area contributed by atoms with Gasteiger partial charge in [-0.1, -0.05) is 19.3 Å². The maximum Gasteiger partial charge on any atom is 0.255 e. The molecule has 5 heteroatoms. The highest BCUT2D eigenvalue weighted by Crippen LogP contribution is 2.42. The van der Waals surface area contributed by atoms with Gasteiger partial charge in [0.25, 0.3) is 5.91 Å². The maximum atomic E-state index is 13.4. The van der Waals surface area contributed by atoms with Gasteiger partial charge in [-0.15, -0.1) is 0 Å². The van der Waals surface area contributed by atoms with Gasteiger partial charge in [-0.3, -0.25) is 9.59 Å². The first kappa shape index (κ1) is 16.7. The second-order valence-electron chi connectivity index (χ2n) is 8.17. The number of likely N-dealkylation sites (tertiary alicyclic amines) is 2. The lowest BCUT2D eigenvalue weighted by Crippen LogP contribution is -2.54. The number of piperidine rings is 1. The van der Waals surface area contributed by atoms with E-state index in [1.165, 1.54) is 19.3 Å². The van der Waals surface area contributed by atoms with E-state index >= 15 is 0 Å². The predicted molar refractivity (Wildman–Crippen MR) is 96.3 cm³/mol. The zero-order chi connectivity index (χ0) is 17.4. The van der Waals surface area contributed by atoms with Crippen molar-refractivity contribution in [2.75, 3.05) is 19.6 Å². The van der Waals surface area contributed by atoms with E-state index < -0.39 is 0 Å². The average molecular weight is 343 g/mol. The van der Waals surface area contributed by atoms with E-state index in [0.29, 0.717) is 25.0 Å². The number of nitrogens with one attached hydrogen (secondary N) is 1. The van der Waals surface area contributed by atoms with Gasteiger partial charge < -0.3 is 14.8 Å². The molecule has 3 heterocycles. The number of H-pyrrole nitrogens is 1. The Bertz CT molecular complexity index is 662. The van der Waals surface area contributed by atoms with Gasteiger partial charge in [-0.05, 0) is 45.1 Å². The first-order valence-corrected chi connectivity index (χ1v) is 9.85. The second-order valence-corrected chi connectivity index (χ2v) is 8.17. The van der Waals surface area contributed by atoms with E-state index in [2.05, 4.69) is 9.88 Å². The van der Waals surface area contributed by atoms with Crippen LogP contribution in [-0.2, 0) is 4.79 Å². The quantitative estimate of drug-likeness (QED) is 0.897. The molecule has 0 aromatic carbocycles. The molecule has 5 nitrogen and oxygen atoms in total. The molecule has 0 bridgehead atoms. The number of hydrogen-bond acceptors (Lipinski definition) is 2. The normalized spacial score (nSPS) is 28.1. The standard InChI is InChI=1S/C20H29N3O2/c1-15-17(8-11-21-15)18(24)22-13-10-20(14-22)9-5-12-23(19(20)25)16-6-3-2-4-7-16/h8,11,16,21H,2-7,9-10,12-14H2,1H3/t20-/m0/s1. The Labute approximate surface area is 149 Å². The van der Waals surface area contributed by atoms with Gasteiger partial charge in [0.15, 0.2) is 0 Å². The van der Waals surface area contributed by atoms with Crippen LogP contribution in [-0.4, -0.2) is 52.3 Å². The van der Waals surface area contributed by atoms with Gasteiger partial charge in [0.2, 0.25) is 5.91 Å². The molecule has 136 valence electrons. The van der Waals surface area contributed by atoms with Gasteiger partial charge in [-0.25, -0.2) is 0 Å². The first-order valence-electron chi connectivity index (χ1n) is 9.85. The number of nitrogens with zero attached hydrogens (tertiary/aromatic N) is 2. The van der Waals surface area contributed by atoms with Crippen molar-refractivity contribution in [3.63, 3.8) is 0 Å². The smallest absolute Gasteiger partial charge is 0.255 e. The molecule has 0 unspecified atom stereocenters. The Balaban J connectivity index is 1.49. The van der Waals surface area contributed by atoms with Crippen molar-refractivity contribution >= 4 is 11.8 Å². The van der Waals surface area contributed by atoms with Gasteiger partial charge in [0.05, 0.1) is 11.0 Å². The van der Waals surface area contributed by atoms with Crippen molar-refractivity contribution in [2.45, 2.75) is 64.3 Å². The minimum absolute atomic E-state index is 0.0678. The Hall–Kier alpha value is -1.78. The lowest BCUT2D eigenvalue weighted by molar-refractivity contribution is -0.149. The average Bonchev–Trinajstić information content (AvgIpc) is 3.25. The molecule has 1 aliphatic carbocycles. The van der Waals surface area contributed by atoms with E-state index in [-0.39, 0.29) is 11.3 Å². The molecule has 1 atom stereocenters. The maximum absolute atomic E-state index is 13.4. The molecule has 2 saturated heterocycles. The van der Waals surface area contributed by atoms with Crippen molar-refractivity contribution in [3.05, 3.63) is 23.5 Å². The van der Waals surface area contributed by atoms with Crippen molar-refractivity contribution in [1.29, 1.82) is 0 Å². The fourth-order valence-corrected chi connectivity index (χ4v) is 5.12. The highest BCUT2D eigenvalue weighted by atomic mass is 16.2. The Kier molecular flexibility index (Phi) is 4.34. The summed E-state index contributed by atoms with van der Waals surface area (Å²) in [7, 11) is 0. The number of hydrogen-bond donors (Lipinski definition) is 1. The number of aromatic nitrogens is 1. The summed E-state index contributed by atoms with van der Waals surface area (Å²) >= 11 is 0. The Morgan fingerprint density at radius 2 is 1.96 bits per heavy atom. The Morgan fingerprint density at radius 3 is 2.68 bits per heavy atom. The molecule has 1 saturated carbocycles. The lowest BCUT2D eigenvalue weighted by atomic mass is 9.77. The number of aromatic amines is 1. The summed E-state index contributed by atoms with van der Waals surface area (Å²) in [5.41, 5.74) is 1.32. The van der Waals surface area contributed by atoms with Crippen molar-refractivity contribution in [2.24, 2.45) is 5.41 Å². The number of amides is 2. The largest absolute Gasteiger partial charge is 0.365 e. The molecule has 2 amide bonds. The van der Waals surface area contributed by atoms with E-state index in [1.54, 1.807) is 0 Å². The van der Waals surface area contributed by atoms with Crippen molar-refractivity contribution < 1.29 is 9.59 Å². The summed E-state index contributed by atoms with van der Waals surface area (Å²) < 4.78 is 0. The Morgan fingerprint density at radius 1 is 1.16 bits per heavy atom. The molecular weight excluding hydrogens is 314 g/mol. The number of carbonyl (C=O) groups excluding carboxylic acids is 2. The number of rotatable bonds is 2. The molecule has 0 radical (unpaired) electrons. The third-order valence-electron chi connectivity index (χ3n) is 6.61. The van der Waals surface area contributed by atoms with Crippen LogP contribution >= 0.6 is 0 Å². The molecule has 1 spiro atoms. The highest BCUT2D eigenvalue weighted by molar-refractivity contribution is 5.96. The van der Waals surface area contributed by atoms with Crippen LogP contribution in [0.3, 0.4) is 0 Å². The third-order valence-corrected chi connectivity index (χ3v) is 6.61. The minimum atomic E-state index is -0.324. The summed E-state index contributed by atoms with van der Waals surface area (Å²) in [6, 6.07) is 2.29. The fraction of sp³-hybridized carbons (Fsp3) is 0.700. The van der Waals surface area contributed by atoms with Gasteiger partial charge in [0.1, 0.15) is 0 Å². The van der Waals surface area contributed by atoms with Crippen LogP contribution in [0.25, 0.3) is 0 Å². The zero-order valence-corrected chi connectivity index (χ0v) is 15.2. The van der Waals surface area contributed by atoms with Crippen molar-refractivity contribution in [3.8, 4) is 0 Å². The van der Waals surface area contributed by atoms with E-state index in [1.807, 2.05) is 24.1 Å². The van der Waals surface area contributed by atoms with Crippen molar-refractivity contribution in [1.82, 2.24) is 14.8 Å². The van der Waals surface area contributed by atoms with Crippen LogP contribution in [0.5, 0.6) is 0 Å². The van der Waals surface area contributed by atoms with Crippen LogP contribution in [0.1, 0.15) is 67.4 Å². The van der Waals surface area contributed by atoms with Crippen LogP contribution in [0.4, 0.5) is 0 Å². The summed E-state index contributed by atoms with van der Waals surface area (Å²) in [6.07, 6.45) is 10.8. The van der Waals surface area contributed by atoms with Gasteiger partial charge in [0, 0.05) is 37.6 Å². The first-order chi connectivity index (χ1) is 12.1. The second kappa shape index (κ2) is 6.50. The number of aryl methyl sites for hydroxylation is 1. The van der Waals surface area contributed by atoms with Gasteiger partial charge in [-0.2, -0.15) is 0 Å². The van der Waals surface area contributed by atoms with Crippen LogP contribution in [0.2, 0.25) is 0 Å². The third kappa shape index (κ3) is 2.87. The fourth-order valence-electron chi connectivity index (χ4n) is 5.12. The molecule has 2 aliphatic heterocycles. The van der Waals surface area contributed by atoms with Crippen LogP contribution < -0.4 is 0 Å². The van der Waals surface area contributed by atoms with Crippen LogP contribution in [0.15, 0.2) is 12.3 Å². The van der Waals surface area contributed by atoms with E-state index in [0.717, 1.165) is 49.9 Å². The highest BCUT2D eigenvalue weighted by Gasteiger charge is 2.50. The number of carbonyl (C=O) groups is 2. The van der Waals surface area contributed by atoms with Gasteiger partial charge >= 0.3 is 0 Å². The molecule has 4 rings (SSSR count). The molecular formula is C20H29N3O2.